The van der Waals surface area contributed by atoms with Crippen molar-refractivity contribution in [3.8, 4) is 5.75 Å². The van der Waals surface area contributed by atoms with Gasteiger partial charge < -0.3 is 14.6 Å². The number of ether oxygens (including phenoxy) is 2. The minimum Gasteiger partial charge on any atom is -0.467 e. The summed E-state index contributed by atoms with van der Waals surface area (Å²) in [6.45, 7) is 3.36. The highest BCUT2D eigenvalue weighted by molar-refractivity contribution is 5.42. The summed E-state index contributed by atoms with van der Waals surface area (Å²) in [4.78, 5) is 2.26. The maximum Gasteiger partial charge on any atom is 0.189 e. The zero-order valence-electron chi connectivity index (χ0n) is 11.5. The topological polar surface area (TPSA) is 41.9 Å². The van der Waals surface area contributed by atoms with Crippen LogP contribution in [0.25, 0.3) is 0 Å². The number of fused-ring (bicyclic) bond motifs is 1. The lowest BCUT2D eigenvalue weighted by Crippen LogP contribution is -2.36. The molecule has 1 N–H and O–H groups in total. The van der Waals surface area contributed by atoms with Crippen molar-refractivity contribution in [1.82, 2.24) is 4.90 Å². The molecule has 4 nitrogen and oxygen atoms in total. The third-order valence-corrected chi connectivity index (χ3v) is 4.01. The average Bonchev–Trinajstić information content (AvgIpc) is 2.47. The lowest BCUT2D eigenvalue weighted by Gasteiger charge is -2.32. The first kappa shape index (κ1) is 13.8. The van der Waals surface area contributed by atoms with E-state index >= 15 is 0 Å². The zero-order valence-corrected chi connectivity index (χ0v) is 11.5. The van der Waals surface area contributed by atoms with Crippen LogP contribution in [0.5, 0.6) is 5.75 Å². The number of aliphatic hydroxyl groups excluding tert-OH is 1. The van der Waals surface area contributed by atoms with Crippen molar-refractivity contribution in [3.63, 3.8) is 0 Å². The molecule has 0 radical (unpaired) electrons. The Hall–Kier alpha value is -1.17. The zero-order chi connectivity index (χ0) is 13.9. The van der Waals surface area contributed by atoms with Crippen LogP contribution < -0.4 is 4.74 Å². The first-order chi connectivity index (χ1) is 9.76. The summed E-state index contributed by atoms with van der Waals surface area (Å²) in [7, 11) is 0. The second kappa shape index (κ2) is 6.08. The van der Waals surface area contributed by atoms with Crippen LogP contribution in [0.1, 0.15) is 24.0 Å². The van der Waals surface area contributed by atoms with Crippen molar-refractivity contribution < 1.29 is 19.0 Å². The Morgan fingerprint density at radius 1 is 1.40 bits per heavy atom. The molecule has 3 rings (SSSR count). The first-order valence-electron chi connectivity index (χ1n) is 7.11. The van der Waals surface area contributed by atoms with Crippen LogP contribution in [-0.2, 0) is 17.9 Å². The lowest BCUT2D eigenvalue weighted by atomic mass is 9.98. The molecule has 0 amide bonds. The molecule has 110 valence electrons. The molecule has 1 fully saturated rings. The first-order valence-corrected chi connectivity index (χ1v) is 7.11. The number of hydrogen-bond donors (Lipinski definition) is 1. The third kappa shape index (κ3) is 2.95. The van der Waals surface area contributed by atoms with Crippen molar-refractivity contribution in [2.75, 3.05) is 26.5 Å². The van der Waals surface area contributed by atoms with Crippen LogP contribution >= 0.6 is 0 Å². The summed E-state index contributed by atoms with van der Waals surface area (Å²) < 4.78 is 24.4. The van der Waals surface area contributed by atoms with E-state index in [1.54, 1.807) is 6.07 Å². The van der Waals surface area contributed by atoms with E-state index in [0.29, 0.717) is 19.1 Å². The molecule has 1 aromatic rings. The monoisotopic (exact) mass is 281 g/mol. The predicted molar refractivity (Wildman–Crippen MR) is 71.8 cm³/mol. The molecule has 0 saturated carbocycles. The Balaban J connectivity index is 1.78. The van der Waals surface area contributed by atoms with Gasteiger partial charge in [-0.3, -0.25) is 4.90 Å². The lowest BCUT2D eigenvalue weighted by molar-refractivity contribution is -0.0179. The van der Waals surface area contributed by atoms with Gasteiger partial charge >= 0.3 is 0 Å². The van der Waals surface area contributed by atoms with E-state index in [1.807, 2.05) is 0 Å². The summed E-state index contributed by atoms with van der Waals surface area (Å²) in [5, 5.41) is 9.28. The summed E-state index contributed by atoms with van der Waals surface area (Å²) in [5.41, 5.74) is 1.66. The van der Waals surface area contributed by atoms with Crippen molar-refractivity contribution >= 4 is 0 Å². The highest BCUT2D eigenvalue weighted by atomic mass is 19.1. The molecule has 0 unspecified atom stereocenters. The second-order valence-corrected chi connectivity index (χ2v) is 5.59. The van der Waals surface area contributed by atoms with Crippen molar-refractivity contribution in [3.05, 3.63) is 29.1 Å². The van der Waals surface area contributed by atoms with E-state index in [4.69, 9.17) is 9.47 Å². The van der Waals surface area contributed by atoms with Gasteiger partial charge in [0.15, 0.2) is 6.79 Å². The van der Waals surface area contributed by atoms with Crippen molar-refractivity contribution in [2.24, 2.45) is 5.92 Å². The van der Waals surface area contributed by atoms with Crippen LogP contribution in [0.3, 0.4) is 0 Å². The Labute approximate surface area is 118 Å². The number of piperidine rings is 1. The fourth-order valence-electron chi connectivity index (χ4n) is 3.06. The Bertz CT molecular complexity index is 480. The number of likely N-dealkylation sites (tertiary alicyclic amines) is 1. The molecular formula is C15H20FNO3. The summed E-state index contributed by atoms with van der Waals surface area (Å²) in [6, 6.07) is 3.03. The molecule has 0 aromatic heterocycles. The molecule has 2 aliphatic heterocycles. The highest BCUT2D eigenvalue weighted by Crippen LogP contribution is 2.31. The molecule has 1 saturated heterocycles. The number of nitrogens with zero attached hydrogens (tertiary/aromatic N) is 1. The van der Waals surface area contributed by atoms with Gasteiger partial charge in [0.2, 0.25) is 0 Å². The smallest absolute Gasteiger partial charge is 0.189 e. The van der Waals surface area contributed by atoms with E-state index in [0.717, 1.165) is 42.8 Å². The normalized spacial score (nSPS) is 23.2. The van der Waals surface area contributed by atoms with E-state index in [2.05, 4.69) is 4.90 Å². The van der Waals surface area contributed by atoms with Crippen LogP contribution in [0.4, 0.5) is 4.39 Å². The van der Waals surface area contributed by atoms with Gasteiger partial charge in [0, 0.05) is 30.8 Å². The average molecular weight is 281 g/mol. The van der Waals surface area contributed by atoms with E-state index in [1.165, 1.54) is 6.07 Å². The minimum atomic E-state index is -0.247. The molecule has 5 heteroatoms. The maximum atomic E-state index is 13.7. The van der Waals surface area contributed by atoms with Crippen LogP contribution in [0, 0.1) is 11.7 Å². The van der Waals surface area contributed by atoms with Gasteiger partial charge in [-0.15, -0.1) is 0 Å². The predicted octanol–water partition coefficient (Wildman–Crippen LogP) is 1.90. The quantitative estimate of drug-likeness (QED) is 0.919. The molecule has 1 atom stereocenters. The number of halogens is 1. The number of aliphatic hydroxyl groups is 1. The fourth-order valence-corrected chi connectivity index (χ4v) is 3.06. The molecule has 0 spiro atoms. The summed E-state index contributed by atoms with van der Waals surface area (Å²) in [6.07, 6.45) is 2.14. The van der Waals surface area contributed by atoms with E-state index in [-0.39, 0.29) is 19.2 Å². The van der Waals surface area contributed by atoms with Gasteiger partial charge in [0.25, 0.3) is 0 Å². The summed E-state index contributed by atoms with van der Waals surface area (Å²) >= 11 is 0. The SMILES string of the molecule is OC[C@@H]1CCCN(Cc2cc(F)cc3c2OCOC3)C1. The van der Waals surface area contributed by atoms with E-state index < -0.39 is 0 Å². The molecule has 0 bridgehead atoms. The highest BCUT2D eigenvalue weighted by Gasteiger charge is 2.22. The third-order valence-electron chi connectivity index (χ3n) is 4.01. The van der Waals surface area contributed by atoms with Gasteiger partial charge in [-0.1, -0.05) is 0 Å². The molecular weight excluding hydrogens is 261 g/mol. The second-order valence-electron chi connectivity index (χ2n) is 5.59. The number of hydrogen-bond acceptors (Lipinski definition) is 4. The van der Waals surface area contributed by atoms with Crippen LogP contribution in [-0.4, -0.2) is 36.5 Å². The van der Waals surface area contributed by atoms with Crippen molar-refractivity contribution in [2.45, 2.75) is 26.0 Å². The Morgan fingerprint density at radius 3 is 3.15 bits per heavy atom. The molecule has 1 aromatic carbocycles. The number of benzene rings is 1. The number of rotatable bonds is 3. The molecule has 2 heterocycles. The maximum absolute atomic E-state index is 13.7. The standard InChI is InChI=1S/C15H20FNO3/c16-14-4-12(15-13(5-14)9-19-10-20-15)7-17-3-1-2-11(6-17)8-18/h4-5,11,18H,1-3,6-10H2/t11-/m1/s1. The van der Waals surface area contributed by atoms with Crippen LogP contribution in [0.15, 0.2) is 12.1 Å². The largest absolute Gasteiger partial charge is 0.467 e. The fraction of sp³-hybridized carbons (Fsp3) is 0.600. The van der Waals surface area contributed by atoms with Gasteiger partial charge in [-0.05, 0) is 37.4 Å². The molecule has 20 heavy (non-hydrogen) atoms. The Kier molecular flexibility index (Phi) is 4.19. The van der Waals surface area contributed by atoms with E-state index in [9.17, 15) is 9.50 Å². The van der Waals surface area contributed by atoms with Gasteiger partial charge in [0.1, 0.15) is 11.6 Å². The molecule has 0 aliphatic carbocycles. The minimum absolute atomic E-state index is 0.224. The summed E-state index contributed by atoms with van der Waals surface area (Å²) in [5.74, 6) is 0.852. The van der Waals surface area contributed by atoms with Gasteiger partial charge in [-0.2, -0.15) is 0 Å². The molecule has 2 aliphatic rings. The van der Waals surface area contributed by atoms with Gasteiger partial charge in [0.05, 0.1) is 6.61 Å². The Morgan fingerprint density at radius 2 is 2.30 bits per heavy atom. The van der Waals surface area contributed by atoms with Crippen LogP contribution in [0.2, 0.25) is 0 Å². The van der Waals surface area contributed by atoms with Gasteiger partial charge in [-0.25, -0.2) is 4.39 Å². The van der Waals surface area contributed by atoms with Crippen molar-refractivity contribution in [1.29, 1.82) is 0 Å².